The molecule has 7 heteroatoms. The van der Waals surface area contributed by atoms with Crippen LogP contribution in [0, 0.1) is 24.2 Å². The number of methoxy groups -OCH3 is 2. The molecule has 0 heterocycles. The molecule has 0 aliphatic heterocycles. The lowest BCUT2D eigenvalue weighted by molar-refractivity contribution is -0.142. The molecule has 6 nitrogen and oxygen atoms in total. The minimum atomic E-state index is -4.14. The Balaban J connectivity index is 1.87. The second kappa shape index (κ2) is 11.2. The molecule has 0 radical (unpaired) electrons. The molecular formula is C27H23NO5S. The van der Waals surface area contributed by atoms with Gasteiger partial charge in [0.25, 0.3) is 0 Å². The number of carbonyl (C=O) groups excluding carboxylic acids is 1. The predicted molar refractivity (Wildman–Crippen MR) is 130 cm³/mol. The SMILES string of the molecule is C#Cc1cc(-c2ccc(OC)cc2)ccc1S(=O)(=O)NC(CC#Cc1ccccc1)C(=O)OC. The van der Waals surface area contributed by atoms with Crippen LogP contribution in [0.4, 0.5) is 0 Å². The van der Waals surface area contributed by atoms with Gasteiger partial charge in [0.05, 0.1) is 19.1 Å². The van der Waals surface area contributed by atoms with Crippen molar-refractivity contribution in [1.82, 2.24) is 4.72 Å². The molecule has 34 heavy (non-hydrogen) atoms. The lowest BCUT2D eigenvalue weighted by atomic mass is 10.0. The largest absolute Gasteiger partial charge is 0.497 e. The van der Waals surface area contributed by atoms with Gasteiger partial charge in [0.1, 0.15) is 11.8 Å². The Hall–Kier alpha value is -4.04. The summed E-state index contributed by atoms with van der Waals surface area (Å²) < 4.78 is 38.6. The van der Waals surface area contributed by atoms with Crippen LogP contribution in [0.15, 0.2) is 77.7 Å². The summed E-state index contributed by atoms with van der Waals surface area (Å²) in [6, 6.07) is 19.9. The number of rotatable bonds is 7. The van der Waals surface area contributed by atoms with E-state index in [0.29, 0.717) is 5.75 Å². The molecule has 0 aliphatic rings. The molecule has 0 fully saturated rings. The average molecular weight is 474 g/mol. The minimum absolute atomic E-state index is 0.0733. The van der Waals surface area contributed by atoms with Gasteiger partial charge in [-0.1, -0.05) is 54.2 Å². The van der Waals surface area contributed by atoms with Gasteiger partial charge >= 0.3 is 5.97 Å². The summed E-state index contributed by atoms with van der Waals surface area (Å²) in [5, 5.41) is 0. The van der Waals surface area contributed by atoms with E-state index in [9.17, 15) is 13.2 Å². The van der Waals surface area contributed by atoms with Crippen molar-refractivity contribution < 1.29 is 22.7 Å². The van der Waals surface area contributed by atoms with Crippen molar-refractivity contribution in [2.24, 2.45) is 0 Å². The van der Waals surface area contributed by atoms with Crippen LogP contribution < -0.4 is 9.46 Å². The summed E-state index contributed by atoms with van der Waals surface area (Å²) in [6.45, 7) is 0. The maximum atomic E-state index is 13.1. The first-order valence-electron chi connectivity index (χ1n) is 10.3. The van der Waals surface area contributed by atoms with Gasteiger partial charge in [-0.3, -0.25) is 4.79 Å². The van der Waals surface area contributed by atoms with Crippen LogP contribution in [-0.4, -0.2) is 34.6 Å². The number of carbonyl (C=O) groups is 1. The maximum Gasteiger partial charge on any atom is 0.324 e. The highest BCUT2D eigenvalue weighted by atomic mass is 32.2. The quantitative estimate of drug-likeness (QED) is 0.419. The Kier molecular flexibility index (Phi) is 8.10. The van der Waals surface area contributed by atoms with Crippen LogP contribution in [0.2, 0.25) is 0 Å². The standard InChI is InChI=1S/C27H23NO5S/c1-4-21-19-23(22-13-16-24(32-2)17-14-22)15-18-26(21)34(30,31)28-25(27(29)33-3)12-8-11-20-9-6-5-7-10-20/h1,5-7,9-10,13-19,25,28H,12H2,2-3H3. The molecule has 0 spiro atoms. The third-order valence-corrected chi connectivity index (χ3v) is 6.47. The molecule has 1 N–H and O–H groups in total. The van der Waals surface area contributed by atoms with Crippen molar-refractivity contribution in [1.29, 1.82) is 0 Å². The Morgan fingerprint density at radius 2 is 1.68 bits per heavy atom. The van der Waals surface area contributed by atoms with E-state index in [1.165, 1.54) is 13.2 Å². The fourth-order valence-electron chi connectivity index (χ4n) is 3.18. The zero-order chi connectivity index (χ0) is 24.6. The molecule has 0 amide bonds. The minimum Gasteiger partial charge on any atom is -0.497 e. The zero-order valence-electron chi connectivity index (χ0n) is 18.7. The van der Waals surface area contributed by atoms with Crippen LogP contribution in [0.1, 0.15) is 17.5 Å². The number of nitrogens with one attached hydrogen (secondary N) is 1. The molecule has 3 aromatic carbocycles. The number of esters is 1. The average Bonchev–Trinajstić information content (AvgIpc) is 2.87. The molecule has 1 atom stereocenters. The fourth-order valence-corrected chi connectivity index (χ4v) is 4.52. The van der Waals surface area contributed by atoms with Crippen LogP contribution in [-0.2, 0) is 19.6 Å². The van der Waals surface area contributed by atoms with Crippen molar-refractivity contribution >= 4 is 16.0 Å². The Morgan fingerprint density at radius 3 is 2.29 bits per heavy atom. The van der Waals surface area contributed by atoms with Crippen molar-refractivity contribution in [2.75, 3.05) is 14.2 Å². The third kappa shape index (κ3) is 6.05. The van der Waals surface area contributed by atoms with E-state index in [0.717, 1.165) is 16.7 Å². The molecule has 0 saturated carbocycles. The third-order valence-electron chi connectivity index (χ3n) is 4.94. The van der Waals surface area contributed by atoms with E-state index >= 15 is 0 Å². The van der Waals surface area contributed by atoms with E-state index in [1.54, 1.807) is 31.4 Å². The molecule has 3 rings (SSSR count). The molecule has 0 saturated heterocycles. The van der Waals surface area contributed by atoms with Crippen molar-refractivity contribution in [3.63, 3.8) is 0 Å². The molecular weight excluding hydrogens is 450 g/mol. The number of benzene rings is 3. The van der Waals surface area contributed by atoms with Gasteiger partial charge in [0.2, 0.25) is 10.0 Å². The van der Waals surface area contributed by atoms with E-state index in [4.69, 9.17) is 15.9 Å². The van der Waals surface area contributed by atoms with Crippen LogP contribution >= 0.6 is 0 Å². The van der Waals surface area contributed by atoms with Crippen molar-refractivity contribution in [2.45, 2.75) is 17.4 Å². The second-order valence-corrected chi connectivity index (χ2v) is 8.84. The second-order valence-electron chi connectivity index (χ2n) is 7.15. The molecule has 0 aliphatic carbocycles. The summed E-state index contributed by atoms with van der Waals surface area (Å²) in [5.41, 5.74) is 2.50. The van der Waals surface area contributed by atoms with Crippen LogP contribution in [0.3, 0.4) is 0 Å². The summed E-state index contributed by atoms with van der Waals surface area (Å²) in [6.07, 6.45) is 5.55. The summed E-state index contributed by atoms with van der Waals surface area (Å²) in [7, 11) is -1.38. The van der Waals surface area contributed by atoms with Crippen LogP contribution in [0.5, 0.6) is 5.75 Å². The van der Waals surface area contributed by atoms with Gasteiger partial charge in [-0.05, 0) is 47.5 Å². The summed E-state index contributed by atoms with van der Waals surface area (Å²) in [4.78, 5) is 12.1. The first-order valence-corrected chi connectivity index (χ1v) is 11.8. The Labute approximate surface area is 200 Å². The van der Waals surface area contributed by atoms with Gasteiger partial charge in [0, 0.05) is 17.5 Å². The lowest BCUT2D eigenvalue weighted by Gasteiger charge is -2.16. The van der Waals surface area contributed by atoms with Crippen LogP contribution in [0.25, 0.3) is 11.1 Å². The highest BCUT2D eigenvalue weighted by Gasteiger charge is 2.27. The first-order chi connectivity index (χ1) is 16.4. The van der Waals surface area contributed by atoms with Gasteiger partial charge in [-0.15, -0.1) is 6.42 Å². The maximum absolute atomic E-state index is 13.1. The number of hydrogen-bond donors (Lipinski definition) is 1. The zero-order valence-corrected chi connectivity index (χ0v) is 19.6. The number of terminal acetylenes is 1. The highest BCUT2D eigenvalue weighted by Crippen LogP contribution is 2.26. The first kappa shape index (κ1) is 24.6. The predicted octanol–water partition coefficient (Wildman–Crippen LogP) is 3.61. The highest BCUT2D eigenvalue weighted by molar-refractivity contribution is 7.89. The molecule has 1 unspecified atom stereocenters. The Bertz CT molecular complexity index is 1360. The van der Waals surface area contributed by atoms with E-state index in [2.05, 4.69) is 22.5 Å². The number of sulfonamides is 1. The lowest BCUT2D eigenvalue weighted by Crippen LogP contribution is -2.41. The van der Waals surface area contributed by atoms with E-state index in [-0.39, 0.29) is 16.9 Å². The normalized spacial score (nSPS) is 11.4. The molecule has 0 bridgehead atoms. The smallest absolute Gasteiger partial charge is 0.324 e. The molecule has 0 aromatic heterocycles. The van der Waals surface area contributed by atoms with Gasteiger partial charge in [-0.2, -0.15) is 4.72 Å². The van der Waals surface area contributed by atoms with Gasteiger partial charge in [-0.25, -0.2) is 8.42 Å². The van der Waals surface area contributed by atoms with Gasteiger partial charge in [0.15, 0.2) is 0 Å². The van der Waals surface area contributed by atoms with E-state index in [1.807, 2.05) is 42.5 Å². The molecule has 172 valence electrons. The number of hydrogen-bond acceptors (Lipinski definition) is 5. The number of ether oxygens (including phenoxy) is 2. The van der Waals surface area contributed by atoms with Crippen molar-refractivity contribution in [3.05, 3.63) is 83.9 Å². The summed E-state index contributed by atoms with van der Waals surface area (Å²) in [5.74, 6) is 8.12. The molecule has 3 aromatic rings. The fraction of sp³-hybridized carbons (Fsp3) is 0.148. The topological polar surface area (TPSA) is 81.7 Å². The monoisotopic (exact) mass is 473 g/mol. The Morgan fingerprint density at radius 1 is 1.00 bits per heavy atom. The van der Waals surface area contributed by atoms with Crippen molar-refractivity contribution in [3.8, 4) is 41.1 Å². The van der Waals surface area contributed by atoms with E-state index < -0.39 is 22.0 Å². The summed E-state index contributed by atoms with van der Waals surface area (Å²) >= 11 is 0. The van der Waals surface area contributed by atoms with Gasteiger partial charge < -0.3 is 9.47 Å².